The minimum atomic E-state index is -0.814. The molecule has 0 rings (SSSR count). The van der Waals surface area contributed by atoms with Gasteiger partial charge in [0.25, 0.3) is 0 Å². The van der Waals surface area contributed by atoms with E-state index >= 15 is 0 Å². The van der Waals surface area contributed by atoms with Crippen molar-refractivity contribution in [1.82, 2.24) is 0 Å². The van der Waals surface area contributed by atoms with Gasteiger partial charge in [-0.15, -0.1) is 0 Å². The number of unbranched alkanes of at least 4 members (excludes halogenated alkanes) is 23. The van der Waals surface area contributed by atoms with Crippen molar-refractivity contribution in [2.24, 2.45) is 0 Å². The molecule has 0 heterocycles. The van der Waals surface area contributed by atoms with E-state index in [1.54, 1.807) is 0 Å². The highest BCUT2D eigenvalue weighted by Crippen LogP contribution is 2.15. The van der Waals surface area contributed by atoms with Gasteiger partial charge in [0.2, 0.25) is 0 Å². The molecule has 0 aromatic carbocycles. The molecule has 0 aliphatic carbocycles. The number of carbonyl (C=O) groups is 3. The largest absolute Gasteiger partial charge is 0.462 e. The molecule has 0 N–H and O–H groups in total. The lowest BCUT2D eigenvalue weighted by Crippen LogP contribution is -2.30. The van der Waals surface area contributed by atoms with E-state index in [1.165, 1.54) is 103 Å². The van der Waals surface area contributed by atoms with Crippen LogP contribution in [0.5, 0.6) is 0 Å². The molecule has 0 saturated carbocycles. The van der Waals surface area contributed by atoms with Gasteiger partial charge in [-0.1, -0.05) is 257 Å². The number of esters is 3. The zero-order valence-corrected chi connectivity index (χ0v) is 49.9. The summed E-state index contributed by atoms with van der Waals surface area (Å²) in [4.78, 5) is 38.3. The molecule has 77 heavy (non-hydrogen) atoms. The third-order valence-electron chi connectivity index (χ3n) is 13.1. The van der Waals surface area contributed by atoms with Gasteiger partial charge in [-0.3, -0.25) is 14.4 Å². The second kappa shape index (κ2) is 64.1. The Morgan fingerprint density at radius 1 is 0.273 bits per heavy atom. The monoisotopic (exact) mass is 1060 g/mol. The summed E-state index contributed by atoms with van der Waals surface area (Å²) in [7, 11) is 0. The first kappa shape index (κ1) is 72.5. The van der Waals surface area contributed by atoms with E-state index in [0.717, 1.165) is 128 Å². The van der Waals surface area contributed by atoms with Gasteiger partial charge in [0, 0.05) is 19.3 Å². The van der Waals surface area contributed by atoms with Crippen LogP contribution in [0.2, 0.25) is 0 Å². The van der Waals surface area contributed by atoms with Crippen molar-refractivity contribution in [1.29, 1.82) is 0 Å². The molecule has 0 saturated heterocycles. The predicted octanol–water partition coefficient (Wildman–Crippen LogP) is 21.8. The van der Waals surface area contributed by atoms with Crippen molar-refractivity contribution in [3.8, 4) is 0 Å². The van der Waals surface area contributed by atoms with Crippen LogP contribution >= 0.6 is 0 Å². The highest BCUT2D eigenvalue weighted by Gasteiger charge is 2.19. The molecule has 0 spiro atoms. The van der Waals surface area contributed by atoms with Crippen LogP contribution in [0, 0.1) is 0 Å². The van der Waals surface area contributed by atoms with Crippen LogP contribution in [0.15, 0.2) is 134 Å². The Hall–Kier alpha value is -4.45. The van der Waals surface area contributed by atoms with E-state index in [1.807, 2.05) is 0 Å². The third kappa shape index (κ3) is 62.3. The molecular weight excluding hydrogens is 949 g/mol. The molecule has 1 atom stereocenters. The predicted molar refractivity (Wildman–Crippen MR) is 334 cm³/mol. The molecule has 6 heteroatoms. The van der Waals surface area contributed by atoms with Gasteiger partial charge >= 0.3 is 17.9 Å². The fourth-order valence-electron chi connectivity index (χ4n) is 8.43. The zero-order valence-electron chi connectivity index (χ0n) is 49.9. The summed E-state index contributed by atoms with van der Waals surface area (Å²) in [5.41, 5.74) is 0. The molecule has 0 fully saturated rings. The molecule has 0 aliphatic rings. The minimum Gasteiger partial charge on any atom is -0.462 e. The lowest BCUT2D eigenvalue weighted by atomic mass is 10.1. The minimum absolute atomic E-state index is 0.109. The summed E-state index contributed by atoms with van der Waals surface area (Å²) < 4.78 is 16.9. The number of carbonyl (C=O) groups excluding carboxylic acids is 3. The van der Waals surface area contributed by atoms with Crippen molar-refractivity contribution in [3.63, 3.8) is 0 Å². The highest BCUT2D eigenvalue weighted by atomic mass is 16.6. The van der Waals surface area contributed by atoms with E-state index in [9.17, 15) is 14.4 Å². The molecule has 6 nitrogen and oxygen atoms in total. The van der Waals surface area contributed by atoms with E-state index in [0.29, 0.717) is 25.7 Å². The maximum atomic E-state index is 12.9. The summed E-state index contributed by atoms with van der Waals surface area (Å²) in [6.45, 7) is 6.36. The molecular formula is C71H116O6. The summed E-state index contributed by atoms with van der Waals surface area (Å²) in [5.74, 6) is -0.975. The topological polar surface area (TPSA) is 78.9 Å². The van der Waals surface area contributed by atoms with Gasteiger partial charge in [0.1, 0.15) is 13.2 Å². The second-order valence-electron chi connectivity index (χ2n) is 20.5. The van der Waals surface area contributed by atoms with E-state index in [-0.39, 0.29) is 31.1 Å². The average Bonchev–Trinajstić information content (AvgIpc) is 3.43. The van der Waals surface area contributed by atoms with Crippen LogP contribution in [0.4, 0.5) is 0 Å². The molecule has 0 bridgehead atoms. The standard InChI is InChI=1S/C71H116O6/c1-4-7-10-13-16-19-22-25-28-31-33-35-37-40-43-46-49-52-55-58-61-64-70(73)76-67-68(66-75-69(72)63-60-57-54-51-48-45-42-39-30-27-24-21-18-15-12-9-6-3)77-71(74)65-62-59-56-53-50-47-44-41-38-36-34-32-29-26-23-20-17-14-11-8-5-2/h7,9-10,12,16,18-19,21,25,27-28,30,32-35,40,42-43,45,49,52,68H,4-6,8,11,13-15,17,20,22-24,26,29,31,36-39,41,44,46-48,50-51,53-67H2,1-3H3/b10-7-,12-9-,19-16-,21-18-,28-25-,30-27-,34-32-,35-33-,43-40-,45-42-,52-49-. The maximum absolute atomic E-state index is 12.9. The molecule has 0 aliphatic heterocycles. The molecule has 0 amide bonds. The summed E-state index contributed by atoms with van der Waals surface area (Å²) in [5, 5.41) is 0. The van der Waals surface area contributed by atoms with Gasteiger partial charge in [0.05, 0.1) is 0 Å². The number of hydrogen-bond donors (Lipinski definition) is 0. The first-order valence-electron chi connectivity index (χ1n) is 31.7. The van der Waals surface area contributed by atoms with Crippen molar-refractivity contribution in [3.05, 3.63) is 134 Å². The Morgan fingerprint density at radius 3 is 0.831 bits per heavy atom. The van der Waals surface area contributed by atoms with Gasteiger partial charge in [0.15, 0.2) is 6.10 Å². The van der Waals surface area contributed by atoms with E-state index in [4.69, 9.17) is 14.2 Å². The molecule has 0 radical (unpaired) electrons. The average molecular weight is 1070 g/mol. The van der Waals surface area contributed by atoms with Gasteiger partial charge in [-0.25, -0.2) is 0 Å². The fraction of sp³-hybridized carbons (Fsp3) is 0.648. The first-order valence-corrected chi connectivity index (χ1v) is 31.7. The van der Waals surface area contributed by atoms with E-state index < -0.39 is 6.10 Å². The quantitative estimate of drug-likeness (QED) is 0.0261. The van der Waals surface area contributed by atoms with Crippen LogP contribution in [0.1, 0.15) is 278 Å². The van der Waals surface area contributed by atoms with Crippen LogP contribution in [-0.4, -0.2) is 37.2 Å². The van der Waals surface area contributed by atoms with Crippen molar-refractivity contribution >= 4 is 17.9 Å². The smallest absolute Gasteiger partial charge is 0.306 e. The SMILES string of the molecule is CC/C=C\C/C=C\C/C=C\C/C=C\C/C=C\C/C=C\CCCCC(=O)OCC(COC(=O)CCCCCC/C=C\C/C=C\C/C=C\C/C=C\CC)OC(=O)CCCCCCCCCCC/C=C\CCCCCCCCCC. The summed E-state index contributed by atoms with van der Waals surface area (Å²) in [6, 6.07) is 0. The van der Waals surface area contributed by atoms with Crippen LogP contribution in [-0.2, 0) is 28.6 Å². The normalized spacial score (nSPS) is 13.0. The van der Waals surface area contributed by atoms with Crippen LogP contribution in [0.25, 0.3) is 0 Å². The lowest BCUT2D eigenvalue weighted by Gasteiger charge is -2.18. The number of rotatable bonds is 56. The Morgan fingerprint density at radius 2 is 0.506 bits per heavy atom. The van der Waals surface area contributed by atoms with Gasteiger partial charge in [-0.05, 0) is 135 Å². The fourth-order valence-corrected chi connectivity index (χ4v) is 8.43. The van der Waals surface area contributed by atoms with Crippen molar-refractivity contribution < 1.29 is 28.6 Å². The first-order chi connectivity index (χ1) is 38.0. The molecule has 0 aromatic rings. The Labute approximate surface area is 475 Å². The Kier molecular flexibility index (Phi) is 60.4. The van der Waals surface area contributed by atoms with Crippen LogP contribution in [0.3, 0.4) is 0 Å². The highest BCUT2D eigenvalue weighted by molar-refractivity contribution is 5.71. The molecule has 1 unspecified atom stereocenters. The van der Waals surface area contributed by atoms with Crippen molar-refractivity contribution in [2.75, 3.05) is 13.2 Å². The van der Waals surface area contributed by atoms with Gasteiger partial charge in [-0.2, -0.15) is 0 Å². The zero-order chi connectivity index (χ0) is 55.7. The Bertz CT molecular complexity index is 1650. The summed E-state index contributed by atoms with van der Waals surface area (Å²) >= 11 is 0. The van der Waals surface area contributed by atoms with Crippen LogP contribution < -0.4 is 0 Å². The van der Waals surface area contributed by atoms with Crippen molar-refractivity contribution in [2.45, 2.75) is 284 Å². The molecule has 436 valence electrons. The Balaban J connectivity index is 4.51. The van der Waals surface area contributed by atoms with E-state index in [2.05, 4.69) is 154 Å². The maximum Gasteiger partial charge on any atom is 0.306 e. The number of allylic oxidation sites excluding steroid dienone is 22. The number of hydrogen-bond acceptors (Lipinski definition) is 6. The lowest BCUT2D eigenvalue weighted by molar-refractivity contribution is -0.167. The number of ether oxygens (including phenoxy) is 3. The summed E-state index contributed by atoms with van der Waals surface area (Å²) in [6.07, 6.45) is 90.2. The molecule has 0 aromatic heterocycles. The third-order valence-corrected chi connectivity index (χ3v) is 13.1. The second-order valence-corrected chi connectivity index (χ2v) is 20.5. The van der Waals surface area contributed by atoms with Gasteiger partial charge < -0.3 is 14.2 Å².